The van der Waals surface area contributed by atoms with Crippen molar-refractivity contribution in [2.75, 3.05) is 0 Å². The summed E-state index contributed by atoms with van der Waals surface area (Å²) in [6.45, 7) is 3.70. The lowest BCUT2D eigenvalue weighted by molar-refractivity contribution is -0.386. The van der Waals surface area contributed by atoms with Crippen molar-refractivity contribution in [2.24, 2.45) is 0 Å². The van der Waals surface area contributed by atoms with E-state index < -0.39 is 10.5 Å². The smallest absolute Gasteiger partial charge is 0.307 e. The van der Waals surface area contributed by atoms with Gasteiger partial charge in [0.2, 0.25) is 0 Å². The predicted octanol–water partition coefficient (Wildman–Crippen LogP) is 2.21. The standard InChI is InChI=1S/C11H14N2O3/c1-7(2)12-6-9(8-3-4-8)5-10(11(12)14)13(15)16/h5-8H,3-4H2,1-2H3. The molecule has 0 N–H and O–H groups in total. The van der Waals surface area contributed by atoms with E-state index in [-0.39, 0.29) is 11.7 Å². The lowest BCUT2D eigenvalue weighted by atomic mass is 10.1. The number of hydrogen-bond donors (Lipinski definition) is 0. The largest absolute Gasteiger partial charge is 0.334 e. The molecule has 2 rings (SSSR count). The van der Waals surface area contributed by atoms with Gasteiger partial charge in [0.1, 0.15) is 0 Å². The number of aromatic nitrogens is 1. The molecule has 1 fully saturated rings. The van der Waals surface area contributed by atoms with Crippen LogP contribution in [-0.4, -0.2) is 9.49 Å². The SMILES string of the molecule is CC(C)n1cc(C2CC2)cc([N+](=O)[O-])c1=O. The Morgan fingerprint density at radius 1 is 1.50 bits per heavy atom. The maximum absolute atomic E-state index is 11.8. The first-order valence-electron chi connectivity index (χ1n) is 5.41. The second-order valence-corrected chi connectivity index (χ2v) is 4.50. The average molecular weight is 222 g/mol. The first kappa shape index (κ1) is 10.9. The van der Waals surface area contributed by atoms with Crippen molar-refractivity contribution < 1.29 is 4.92 Å². The molecule has 1 aromatic rings. The molecule has 5 heteroatoms. The minimum absolute atomic E-state index is 0.0510. The molecule has 1 aliphatic rings. The Kier molecular flexibility index (Phi) is 2.53. The van der Waals surface area contributed by atoms with Gasteiger partial charge in [-0.25, -0.2) is 0 Å². The molecule has 5 nitrogen and oxygen atoms in total. The summed E-state index contributed by atoms with van der Waals surface area (Å²) in [5.74, 6) is 0.407. The normalized spacial score (nSPS) is 15.4. The van der Waals surface area contributed by atoms with E-state index in [1.807, 2.05) is 13.8 Å². The van der Waals surface area contributed by atoms with Crippen LogP contribution in [0.3, 0.4) is 0 Å². The highest BCUT2D eigenvalue weighted by molar-refractivity contribution is 5.34. The molecule has 16 heavy (non-hydrogen) atoms. The Morgan fingerprint density at radius 3 is 2.56 bits per heavy atom. The molecule has 1 aromatic heterocycles. The van der Waals surface area contributed by atoms with Gasteiger partial charge < -0.3 is 4.57 Å². The molecule has 0 unspecified atom stereocenters. The topological polar surface area (TPSA) is 65.1 Å². The van der Waals surface area contributed by atoms with Crippen molar-refractivity contribution in [1.29, 1.82) is 0 Å². The van der Waals surface area contributed by atoms with Crippen LogP contribution in [0.5, 0.6) is 0 Å². The first-order valence-corrected chi connectivity index (χ1v) is 5.41. The molecule has 1 aliphatic carbocycles. The van der Waals surface area contributed by atoms with Gasteiger partial charge in [-0.15, -0.1) is 0 Å². The summed E-state index contributed by atoms with van der Waals surface area (Å²) in [6.07, 6.45) is 3.89. The predicted molar refractivity (Wildman–Crippen MR) is 59.7 cm³/mol. The van der Waals surface area contributed by atoms with E-state index in [0.717, 1.165) is 18.4 Å². The van der Waals surface area contributed by atoms with Gasteiger partial charge in [-0.05, 0) is 38.2 Å². The second kappa shape index (κ2) is 3.73. The third-order valence-electron chi connectivity index (χ3n) is 2.85. The Balaban J connectivity index is 2.60. The number of rotatable bonds is 3. The van der Waals surface area contributed by atoms with E-state index in [9.17, 15) is 14.9 Å². The maximum Gasteiger partial charge on any atom is 0.334 e. The van der Waals surface area contributed by atoms with E-state index in [1.165, 1.54) is 10.6 Å². The zero-order valence-corrected chi connectivity index (χ0v) is 9.34. The van der Waals surface area contributed by atoms with Gasteiger partial charge in [-0.3, -0.25) is 14.9 Å². The third kappa shape index (κ3) is 1.85. The molecule has 0 amide bonds. The zero-order valence-electron chi connectivity index (χ0n) is 9.34. The fourth-order valence-corrected chi connectivity index (χ4v) is 1.76. The Morgan fingerprint density at radius 2 is 2.12 bits per heavy atom. The first-order chi connectivity index (χ1) is 7.50. The van der Waals surface area contributed by atoms with Gasteiger partial charge in [0, 0.05) is 18.3 Å². The summed E-state index contributed by atoms with van der Waals surface area (Å²) in [4.78, 5) is 22.0. The Hall–Kier alpha value is -1.65. The van der Waals surface area contributed by atoms with E-state index in [0.29, 0.717) is 5.92 Å². The quantitative estimate of drug-likeness (QED) is 0.581. The Bertz CT molecular complexity index is 486. The fourth-order valence-electron chi connectivity index (χ4n) is 1.76. The number of hydrogen-bond acceptors (Lipinski definition) is 3. The molecule has 0 atom stereocenters. The lowest BCUT2D eigenvalue weighted by Crippen LogP contribution is -2.24. The number of nitro groups is 1. The molecule has 0 saturated heterocycles. The van der Waals surface area contributed by atoms with Crippen LogP contribution in [0.4, 0.5) is 5.69 Å². The number of nitrogens with zero attached hydrogens (tertiary/aromatic N) is 2. The molecule has 1 saturated carbocycles. The maximum atomic E-state index is 11.8. The van der Waals surface area contributed by atoms with E-state index in [1.54, 1.807) is 6.20 Å². The molecule has 0 aliphatic heterocycles. The molecule has 1 heterocycles. The summed E-state index contributed by atoms with van der Waals surface area (Å²) >= 11 is 0. The highest BCUT2D eigenvalue weighted by Crippen LogP contribution is 2.40. The van der Waals surface area contributed by atoms with Gasteiger partial charge in [0.05, 0.1) is 4.92 Å². The van der Waals surface area contributed by atoms with Crippen LogP contribution >= 0.6 is 0 Å². The van der Waals surface area contributed by atoms with Crippen LogP contribution in [0.15, 0.2) is 17.1 Å². The monoisotopic (exact) mass is 222 g/mol. The average Bonchev–Trinajstić information content (AvgIpc) is 3.00. The summed E-state index contributed by atoms with van der Waals surface area (Å²) < 4.78 is 1.45. The highest BCUT2D eigenvalue weighted by atomic mass is 16.6. The van der Waals surface area contributed by atoms with Crippen molar-refractivity contribution in [3.63, 3.8) is 0 Å². The van der Waals surface area contributed by atoms with Crippen molar-refractivity contribution in [2.45, 2.75) is 38.6 Å². The summed E-state index contributed by atoms with van der Waals surface area (Å²) in [7, 11) is 0. The van der Waals surface area contributed by atoms with E-state index >= 15 is 0 Å². The third-order valence-corrected chi connectivity index (χ3v) is 2.85. The second-order valence-electron chi connectivity index (χ2n) is 4.50. The molecule has 0 spiro atoms. The van der Waals surface area contributed by atoms with E-state index in [2.05, 4.69) is 0 Å². The van der Waals surface area contributed by atoms with Gasteiger partial charge in [-0.1, -0.05) is 0 Å². The van der Waals surface area contributed by atoms with E-state index in [4.69, 9.17) is 0 Å². The van der Waals surface area contributed by atoms with Crippen LogP contribution in [-0.2, 0) is 0 Å². The van der Waals surface area contributed by atoms with Gasteiger partial charge in [0.25, 0.3) is 0 Å². The number of pyridine rings is 1. The Labute approximate surface area is 92.9 Å². The molecule has 0 radical (unpaired) electrons. The summed E-state index contributed by atoms with van der Waals surface area (Å²) in [5, 5.41) is 10.8. The lowest BCUT2D eigenvalue weighted by Gasteiger charge is -2.11. The van der Waals surface area contributed by atoms with Crippen molar-refractivity contribution in [3.8, 4) is 0 Å². The van der Waals surface area contributed by atoms with Crippen molar-refractivity contribution >= 4 is 5.69 Å². The van der Waals surface area contributed by atoms with Crippen LogP contribution in [0.25, 0.3) is 0 Å². The van der Waals surface area contributed by atoms with Gasteiger partial charge in [-0.2, -0.15) is 0 Å². The molecule has 86 valence electrons. The summed E-state index contributed by atoms with van der Waals surface area (Å²) in [5.41, 5.74) is 0.0995. The van der Waals surface area contributed by atoms with Crippen LogP contribution in [0.2, 0.25) is 0 Å². The van der Waals surface area contributed by atoms with Crippen LogP contribution in [0.1, 0.15) is 44.2 Å². The van der Waals surface area contributed by atoms with Gasteiger partial charge in [0.15, 0.2) is 0 Å². The van der Waals surface area contributed by atoms with Gasteiger partial charge >= 0.3 is 11.2 Å². The van der Waals surface area contributed by atoms with Crippen molar-refractivity contribution in [3.05, 3.63) is 38.3 Å². The molecule has 0 bridgehead atoms. The molecule has 0 aromatic carbocycles. The highest BCUT2D eigenvalue weighted by Gasteiger charge is 2.28. The van der Waals surface area contributed by atoms with Crippen LogP contribution < -0.4 is 5.56 Å². The fraction of sp³-hybridized carbons (Fsp3) is 0.545. The molecular formula is C11H14N2O3. The van der Waals surface area contributed by atoms with Crippen LogP contribution in [0, 0.1) is 10.1 Å². The molecular weight excluding hydrogens is 208 g/mol. The minimum atomic E-state index is -0.590. The summed E-state index contributed by atoms with van der Waals surface area (Å²) in [6, 6.07) is 1.38. The van der Waals surface area contributed by atoms with Crippen molar-refractivity contribution in [1.82, 2.24) is 4.57 Å². The minimum Gasteiger partial charge on any atom is -0.307 e. The zero-order chi connectivity index (χ0) is 11.9.